The molecule has 29 heavy (non-hydrogen) atoms. The summed E-state index contributed by atoms with van der Waals surface area (Å²) in [6.07, 6.45) is 0. The number of ether oxygens (including phenoxy) is 1. The van der Waals surface area contributed by atoms with Crippen LogP contribution >= 0.6 is 15.9 Å². The zero-order valence-corrected chi connectivity index (χ0v) is 18.9. The van der Waals surface area contributed by atoms with Crippen LogP contribution in [0.4, 0.5) is 0 Å². The molecule has 156 valence electrons. The largest absolute Gasteiger partial charge is 0.467 e. The average molecular weight is 483 g/mol. The average Bonchev–Trinajstić information content (AvgIpc) is 2.64. The van der Waals surface area contributed by atoms with E-state index in [2.05, 4.69) is 26.0 Å². The van der Waals surface area contributed by atoms with Crippen molar-refractivity contribution >= 4 is 37.8 Å². The topological polar surface area (TPSA) is 102 Å². The van der Waals surface area contributed by atoms with Crippen molar-refractivity contribution in [1.82, 2.24) is 10.0 Å². The number of benzene rings is 2. The summed E-state index contributed by atoms with van der Waals surface area (Å²) in [6.45, 7) is 5.21. The fourth-order valence-corrected chi connectivity index (χ4v) is 4.20. The van der Waals surface area contributed by atoms with Gasteiger partial charge in [0.25, 0.3) is 5.91 Å². The summed E-state index contributed by atoms with van der Waals surface area (Å²) in [5, 5.41) is 2.62. The first kappa shape index (κ1) is 23.1. The molecule has 1 unspecified atom stereocenters. The Hall–Kier alpha value is -2.23. The number of nitrogens with one attached hydrogen (secondary N) is 2. The Morgan fingerprint density at radius 3 is 2.03 bits per heavy atom. The fraction of sp³-hybridized carbons (Fsp3) is 0.300. The summed E-state index contributed by atoms with van der Waals surface area (Å²) >= 11 is 3.32. The normalized spacial score (nSPS) is 12.9. The van der Waals surface area contributed by atoms with Gasteiger partial charge in [-0.3, -0.25) is 4.79 Å². The van der Waals surface area contributed by atoms with E-state index >= 15 is 0 Å². The van der Waals surface area contributed by atoms with Crippen molar-refractivity contribution in [2.75, 3.05) is 7.11 Å². The zero-order chi connectivity index (χ0) is 21.8. The lowest BCUT2D eigenvalue weighted by atomic mass is 10.1. The smallest absolute Gasteiger partial charge is 0.333 e. The van der Waals surface area contributed by atoms with Crippen LogP contribution in [0.5, 0.6) is 0 Å². The van der Waals surface area contributed by atoms with Crippen LogP contribution in [0.3, 0.4) is 0 Å². The number of carbonyl (C=O) groups excluding carboxylic acids is 2. The number of rotatable bonds is 6. The molecule has 0 aliphatic heterocycles. The molecule has 0 heterocycles. The number of esters is 1. The molecule has 0 saturated carbocycles. The van der Waals surface area contributed by atoms with Gasteiger partial charge in [-0.1, -0.05) is 28.1 Å². The molecule has 0 radical (unpaired) electrons. The highest BCUT2D eigenvalue weighted by Gasteiger charge is 2.25. The SMILES string of the molecule is COC(=O)C(NC(=O)c1ccc(S(=O)(=O)NC(C)(C)C)cc1)c1ccc(Br)cc1. The molecule has 9 heteroatoms. The fourth-order valence-electron chi connectivity index (χ4n) is 2.51. The minimum atomic E-state index is -3.71. The summed E-state index contributed by atoms with van der Waals surface area (Å²) in [5.41, 5.74) is 0.139. The third-order valence-corrected chi connectivity index (χ3v) is 6.09. The number of halogens is 1. The molecule has 1 atom stereocenters. The maximum absolute atomic E-state index is 12.6. The van der Waals surface area contributed by atoms with Crippen LogP contribution in [0.2, 0.25) is 0 Å². The minimum Gasteiger partial charge on any atom is -0.467 e. The minimum absolute atomic E-state index is 0.0430. The number of hydrogen-bond acceptors (Lipinski definition) is 5. The molecule has 2 aromatic carbocycles. The molecule has 0 bridgehead atoms. The molecule has 0 aliphatic carbocycles. The van der Waals surface area contributed by atoms with Crippen LogP contribution in [-0.2, 0) is 19.6 Å². The molecule has 2 aromatic rings. The van der Waals surface area contributed by atoms with Crippen molar-refractivity contribution < 1.29 is 22.7 Å². The standard InChI is InChI=1S/C20H23BrN2O5S/c1-20(2,3)23-29(26,27)16-11-7-14(8-12-16)18(24)22-17(19(25)28-4)13-5-9-15(21)10-6-13/h5-12,17,23H,1-4H3,(H,22,24). The van der Waals surface area contributed by atoms with Gasteiger partial charge in [0.1, 0.15) is 0 Å². The third kappa shape index (κ3) is 6.38. The van der Waals surface area contributed by atoms with Crippen molar-refractivity contribution in [1.29, 1.82) is 0 Å². The Labute approximate surface area is 179 Å². The van der Waals surface area contributed by atoms with Gasteiger partial charge in [0.15, 0.2) is 6.04 Å². The van der Waals surface area contributed by atoms with Crippen molar-refractivity contribution in [3.63, 3.8) is 0 Å². The van der Waals surface area contributed by atoms with Crippen molar-refractivity contribution in [2.45, 2.75) is 37.2 Å². The molecule has 0 saturated heterocycles. The van der Waals surface area contributed by atoms with Gasteiger partial charge in [-0.05, 0) is 62.7 Å². The van der Waals surface area contributed by atoms with E-state index in [1.807, 2.05) is 0 Å². The second kappa shape index (κ2) is 9.06. The predicted molar refractivity (Wildman–Crippen MR) is 113 cm³/mol. The number of amides is 1. The van der Waals surface area contributed by atoms with Crippen molar-refractivity contribution in [2.24, 2.45) is 0 Å². The molecule has 0 aromatic heterocycles. The van der Waals surface area contributed by atoms with Crippen LogP contribution in [0, 0.1) is 0 Å². The molecule has 0 aliphatic rings. The van der Waals surface area contributed by atoms with E-state index in [9.17, 15) is 18.0 Å². The molecule has 2 N–H and O–H groups in total. The van der Waals surface area contributed by atoms with Crippen molar-refractivity contribution in [3.8, 4) is 0 Å². The molecule has 0 fully saturated rings. The quantitative estimate of drug-likeness (QED) is 0.615. The summed E-state index contributed by atoms with van der Waals surface area (Å²) < 4.78 is 32.9. The Morgan fingerprint density at radius 2 is 1.55 bits per heavy atom. The van der Waals surface area contributed by atoms with E-state index in [0.29, 0.717) is 5.56 Å². The van der Waals surface area contributed by atoms with E-state index in [-0.39, 0.29) is 10.5 Å². The van der Waals surface area contributed by atoms with E-state index in [0.717, 1.165) is 4.47 Å². The van der Waals surface area contributed by atoms with Crippen LogP contribution in [0.15, 0.2) is 57.9 Å². The Kier molecular flexibility index (Phi) is 7.20. The maximum atomic E-state index is 12.6. The molecular formula is C20H23BrN2O5S. The van der Waals surface area contributed by atoms with Crippen LogP contribution in [-0.4, -0.2) is 32.9 Å². The van der Waals surface area contributed by atoms with Gasteiger partial charge in [0, 0.05) is 15.6 Å². The van der Waals surface area contributed by atoms with Crippen LogP contribution < -0.4 is 10.0 Å². The lowest BCUT2D eigenvalue weighted by Gasteiger charge is -2.20. The van der Waals surface area contributed by atoms with Gasteiger partial charge in [-0.15, -0.1) is 0 Å². The van der Waals surface area contributed by atoms with Gasteiger partial charge < -0.3 is 10.1 Å². The third-order valence-electron chi connectivity index (χ3n) is 3.78. The highest BCUT2D eigenvalue weighted by Crippen LogP contribution is 2.20. The number of carbonyl (C=O) groups is 2. The predicted octanol–water partition coefficient (Wildman–Crippen LogP) is 3.17. The van der Waals surface area contributed by atoms with Gasteiger partial charge in [0.2, 0.25) is 10.0 Å². The summed E-state index contributed by atoms with van der Waals surface area (Å²) in [7, 11) is -2.47. The first-order chi connectivity index (χ1) is 13.4. The lowest BCUT2D eigenvalue weighted by molar-refractivity contribution is -0.143. The molecule has 7 nitrogen and oxygen atoms in total. The summed E-state index contributed by atoms with van der Waals surface area (Å²) in [6, 6.07) is 11.4. The highest BCUT2D eigenvalue weighted by atomic mass is 79.9. The number of methoxy groups -OCH3 is 1. The first-order valence-electron chi connectivity index (χ1n) is 8.71. The monoisotopic (exact) mass is 482 g/mol. The Morgan fingerprint density at radius 1 is 1.00 bits per heavy atom. The van der Waals surface area contributed by atoms with Crippen LogP contribution in [0.1, 0.15) is 42.7 Å². The second-order valence-electron chi connectivity index (χ2n) is 7.36. The lowest BCUT2D eigenvalue weighted by Crippen LogP contribution is -2.40. The summed E-state index contributed by atoms with van der Waals surface area (Å²) in [5.74, 6) is -1.15. The molecular weight excluding hydrogens is 460 g/mol. The first-order valence-corrected chi connectivity index (χ1v) is 11.0. The summed E-state index contributed by atoms with van der Waals surface area (Å²) in [4.78, 5) is 24.8. The maximum Gasteiger partial charge on any atom is 0.333 e. The van der Waals surface area contributed by atoms with E-state index in [4.69, 9.17) is 4.74 Å². The van der Waals surface area contributed by atoms with E-state index in [1.165, 1.54) is 31.4 Å². The van der Waals surface area contributed by atoms with Gasteiger partial charge in [-0.25, -0.2) is 17.9 Å². The number of hydrogen-bond donors (Lipinski definition) is 2. The molecule has 0 spiro atoms. The molecule has 2 rings (SSSR count). The van der Waals surface area contributed by atoms with E-state index in [1.54, 1.807) is 45.0 Å². The van der Waals surface area contributed by atoms with Gasteiger partial charge in [0.05, 0.1) is 12.0 Å². The van der Waals surface area contributed by atoms with E-state index < -0.39 is 33.5 Å². The van der Waals surface area contributed by atoms with Gasteiger partial charge >= 0.3 is 5.97 Å². The van der Waals surface area contributed by atoms with Gasteiger partial charge in [-0.2, -0.15) is 0 Å². The number of sulfonamides is 1. The highest BCUT2D eigenvalue weighted by molar-refractivity contribution is 9.10. The molecule has 1 amide bonds. The second-order valence-corrected chi connectivity index (χ2v) is 9.96. The van der Waals surface area contributed by atoms with Crippen molar-refractivity contribution in [3.05, 3.63) is 64.1 Å². The Bertz CT molecular complexity index is 981. The Balaban J connectivity index is 2.22. The van der Waals surface area contributed by atoms with Crippen LogP contribution in [0.25, 0.3) is 0 Å². The zero-order valence-electron chi connectivity index (χ0n) is 16.5.